The maximum absolute atomic E-state index is 13.2. The number of likely N-dealkylation sites (tertiary alicyclic amines) is 1. The van der Waals surface area contributed by atoms with E-state index in [4.69, 9.17) is 5.73 Å². The minimum atomic E-state index is -0.632. The molecular formula is C22H25FN8O. The normalized spacial score (nSPS) is 18.9. The zero-order chi connectivity index (χ0) is 22.7. The summed E-state index contributed by atoms with van der Waals surface area (Å²) in [6.45, 7) is 4.94. The van der Waals surface area contributed by atoms with E-state index >= 15 is 0 Å². The molecule has 0 saturated carbocycles. The zero-order valence-electron chi connectivity index (χ0n) is 17.8. The highest BCUT2D eigenvalue weighted by molar-refractivity contribution is 5.98. The summed E-state index contributed by atoms with van der Waals surface area (Å²) in [5.41, 5.74) is 6.36. The Kier molecular flexibility index (Phi) is 6.18. The SMILES string of the molecule is CCn1ccnc1CN1CCC(C#N)C(n2cc(C(N)=O)c(Nc3ccc(F)cc3)n2)C1. The molecule has 3 N–H and O–H groups in total. The van der Waals surface area contributed by atoms with E-state index < -0.39 is 5.91 Å². The lowest BCUT2D eigenvalue weighted by Gasteiger charge is -2.35. The second-order valence-corrected chi connectivity index (χ2v) is 7.82. The number of rotatable bonds is 7. The Morgan fingerprint density at radius 3 is 2.84 bits per heavy atom. The molecule has 0 aliphatic carbocycles. The number of nitriles is 1. The highest BCUT2D eigenvalue weighted by Gasteiger charge is 2.33. The Bertz CT molecular complexity index is 1130. The first-order valence-electron chi connectivity index (χ1n) is 10.5. The van der Waals surface area contributed by atoms with Gasteiger partial charge >= 0.3 is 0 Å². The third kappa shape index (κ3) is 4.48. The summed E-state index contributed by atoms with van der Waals surface area (Å²) in [5.74, 6) is 0.000561. The summed E-state index contributed by atoms with van der Waals surface area (Å²) < 4.78 is 17.0. The number of amides is 1. The number of piperidine rings is 1. The molecule has 1 saturated heterocycles. The lowest BCUT2D eigenvalue weighted by atomic mass is 9.93. The Hall–Kier alpha value is -3.71. The van der Waals surface area contributed by atoms with Crippen LogP contribution in [0.4, 0.5) is 15.9 Å². The standard InChI is InChI=1S/C22H25FN8O/c1-2-30-10-8-26-20(30)14-29-9-7-15(11-24)19(13-29)31-12-18(21(25)32)22(28-31)27-17-5-3-16(23)4-6-17/h3-6,8,10,12,15,19H,2,7,9,13-14H2,1H3,(H2,25,32)(H,27,28). The molecule has 0 bridgehead atoms. The van der Waals surface area contributed by atoms with Crippen molar-refractivity contribution in [1.82, 2.24) is 24.2 Å². The van der Waals surface area contributed by atoms with Crippen molar-refractivity contribution in [2.75, 3.05) is 18.4 Å². The molecule has 2 aromatic heterocycles. The van der Waals surface area contributed by atoms with Crippen LogP contribution in [0, 0.1) is 23.1 Å². The second-order valence-electron chi connectivity index (χ2n) is 7.82. The topological polar surface area (TPSA) is 118 Å². The zero-order valence-corrected chi connectivity index (χ0v) is 17.8. The molecule has 0 spiro atoms. The first-order valence-corrected chi connectivity index (χ1v) is 10.5. The molecule has 1 aromatic carbocycles. The number of aryl methyl sites for hydroxylation is 1. The van der Waals surface area contributed by atoms with Crippen molar-refractivity contribution in [3.05, 3.63) is 60.1 Å². The van der Waals surface area contributed by atoms with Crippen molar-refractivity contribution in [2.24, 2.45) is 11.7 Å². The van der Waals surface area contributed by atoms with E-state index in [0.29, 0.717) is 25.2 Å². The van der Waals surface area contributed by atoms with Gasteiger partial charge in [0.25, 0.3) is 5.91 Å². The third-order valence-corrected chi connectivity index (χ3v) is 5.78. The minimum Gasteiger partial charge on any atom is -0.365 e. The molecule has 166 valence electrons. The van der Waals surface area contributed by atoms with E-state index in [1.54, 1.807) is 29.2 Å². The molecule has 2 unspecified atom stereocenters. The van der Waals surface area contributed by atoms with Gasteiger partial charge in [-0.05, 0) is 37.6 Å². The highest BCUT2D eigenvalue weighted by Crippen LogP contribution is 2.30. The highest BCUT2D eigenvalue weighted by atomic mass is 19.1. The number of halogens is 1. The van der Waals surface area contributed by atoms with Gasteiger partial charge < -0.3 is 15.6 Å². The predicted octanol–water partition coefficient (Wildman–Crippen LogP) is 2.67. The molecule has 0 radical (unpaired) electrons. The first kappa shape index (κ1) is 21.5. The summed E-state index contributed by atoms with van der Waals surface area (Å²) in [4.78, 5) is 18.7. The van der Waals surface area contributed by atoms with Crippen LogP contribution >= 0.6 is 0 Å². The van der Waals surface area contributed by atoms with Crippen molar-refractivity contribution >= 4 is 17.4 Å². The monoisotopic (exact) mass is 436 g/mol. The van der Waals surface area contributed by atoms with Gasteiger partial charge in [-0.1, -0.05) is 0 Å². The largest absolute Gasteiger partial charge is 0.365 e. The number of aromatic nitrogens is 4. The van der Waals surface area contributed by atoms with Crippen LogP contribution in [0.2, 0.25) is 0 Å². The average Bonchev–Trinajstić information content (AvgIpc) is 3.42. The van der Waals surface area contributed by atoms with E-state index in [2.05, 4.69) is 37.9 Å². The molecule has 1 aliphatic heterocycles. The summed E-state index contributed by atoms with van der Waals surface area (Å²) in [7, 11) is 0. The molecule has 4 rings (SSSR count). The van der Waals surface area contributed by atoms with Crippen molar-refractivity contribution in [3.63, 3.8) is 0 Å². The van der Waals surface area contributed by atoms with Crippen LogP contribution in [-0.4, -0.2) is 43.2 Å². The Labute approximate surface area is 185 Å². The van der Waals surface area contributed by atoms with Crippen LogP contribution in [0.25, 0.3) is 0 Å². The number of carbonyl (C=O) groups is 1. The maximum Gasteiger partial charge on any atom is 0.254 e. The number of anilines is 2. The quantitative estimate of drug-likeness (QED) is 0.588. The van der Waals surface area contributed by atoms with Crippen LogP contribution < -0.4 is 11.1 Å². The number of primary amides is 1. The van der Waals surface area contributed by atoms with E-state index in [1.165, 1.54) is 12.1 Å². The van der Waals surface area contributed by atoms with Gasteiger partial charge in [-0.3, -0.25) is 14.4 Å². The number of nitrogens with two attached hydrogens (primary N) is 1. The van der Waals surface area contributed by atoms with Gasteiger partial charge in [-0.25, -0.2) is 9.37 Å². The number of hydrogen-bond donors (Lipinski definition) is 2. The number of hydrogen-bond acceptors (Lipinski definition) is 6. The van der Waals surface area contributed by atoms with Crippen LogP contribution in [0.15, 0.2) is 42.9 Å². The third-order valence-electron chi connectivity index (χ3n) is 5.78. The maximum atomic E-state index is 13.2. The van der Waals surface area contributed by atoms with Crippen LogP contribution in [-0.2, 0) is 13.1 Å². The Morgan fingerprint density at radius 1 is 1.38 bits per heavy atom. The molecule has 10 heteroatoms. The lowest BCUT2D eigenvalue weighted by Crippen LogP contribution is -2.41. The smallest absolute Gasteiger partial charge is 0.254 e. The van der Waals surface area contributed by atoms with E-state index in [-0.39, 0.29) is 29.2 Å². The molecule has 2 atom stereocenters. The molecule has 3 aromatic rings. The summed E-state index contributed by atoms with van der Waals surface area (Å²) in [6.07, 6.45) is 6.01. The average molecular weight is 436 g/mol. The summed E-state index contributed by atoms with van der Waals surface area (Å²) in [5, 5.41) is 17.3. The van der Waals surface area contributed by atoms with Gasteiger partial charge in [0.1, 0.15) is 17.2 Å². The number of benzene rings is 1. The first-order chi connectivity index (χ1) is 15.5. The molecule has 1 aliphatic rings. The number of carbonyl (C=O) groups excluding carboxylic acids is 1. The van der Waals surface area contributed by atoms with E-state index in [9.17, 15) is 14.4 Å². The molecular weight excluding hydrogens is 411 g/mol. The van der Waals surface area contributed by atoms with Gasteiger partial charge in [-0.15, -0.1) is 0 Å². The molecule has 3 heterocycles. The van der Waals surface area contributed by atoms with Crippen molar-refractivity contribution in [1.29, 1.82) is 5.26 Å². The van der Waals surface area contributed by atoms with Crippen molar-refractivity contribution in [2.45, 2.75) is 32.5 Å². The van der Waals surface area contributed by atoms with Crippen LogP contribution in [0.5, 0.6) is 0 Å². The van der Waals surface area contributed by atoms with Gasteiger partial charge in [0, 0.05) is 43.9 Å². The molecule has 1 fully saturated rings. The number of imidazole rings is 1. The van der Waals surface area contributed by atoms with Crippen LogP contribution in [0.1, 0.15) is 35.6 Å². The summed E-state index contributed by atoms with van der Waals surface area (Å²) >= 11 is 0. The minimum absolute atomic E-state index is 0.213. The number of nitrogens with zero attached hydrogens (tertiary/aromatic N) is 6. The second kappa shape index (κ2) is 9.20. The van der Waals surface area contributed by atoms with E-state index in [0.717, 1.165) is 18.9 Å². The Balaban J connectivity index is 1.58. The van der Waals surface area contributed by atoms with E-state index in [1.807, 2.05) is 6.20 Å². The van der Waals surface area contributed by atoms with Crippen molar-refractivity contribution in [3.8, 4) is 6.07 Å². The van der Waals surface area contributed by atoms with Gasteiger partial charge in [-0.2, -0.15) is 10.4 Å². The van der Waals surface area contributed by atoms with Crippen LogP contribution in [0.3, 0.4) is 0 Å². The van der Waals surface area contributed by atoms with Gasteiger partial charge in [0.2, 0.25) is 0 Å². The fraction of sp³-hybridized carbons (Fsp3) is 0.364. The predicted molar refractivity (Wildman–Crippen MR) is 116 cm³/mol. The fourth-order valence-corrected chi connectivity index (χ4v) is 4.04. The fourth-order valence-electron chi connectivity index (χ4n) is 4.04. The van der Waals surface area contributed by atoms with Crippen molar-refractivity contribution < 1.29 is 9.18 Å². The van der Waals surface area contributed by atoms with Gasteiger partial charge in [0.15, 0.2) is 5.82 Å². The molecule has 32 heavy (non-hydrogen) atoms. The molecule has 9 nitrogen and oxygen atoms in total. The Morgan fingerprint density at radius 2 is 2.16 bits per heavy atom. The summed E-state index contributed by atoms with van der Waals surface area (Å²) in [6, 6.07) is 7.86. The van der Waals surface area contributed by atoms with Gasteiger partial charge in [0.05, 0.1) is 24.6 Å². The number of nitrogens with one attached hydrogen (secondary N) is 1. The lowest BCUT2D eigenvalue weighted by molar-refractivity contribution is 0.1000. The molecule has 1 amide bonds.